The third-order valence-corrected chi connectivity index (χ3v) is 6.26. The number of benzene rings is 2. The number of ether oxygens (including phenoxy) is 2. The van der Waals surface area contributed by atoms with E-state index >= 15 is 0 Å². The lowest BCUT2D eigenvalue weighted by Crippen LogP contribution is -2.42. The summed E-state index contributed by atoms with van der Waals surface area (Å²) in [5, 5.41) is 0. The Hall–Kier alpha value is -3.58. The molecule has 0 aliphatic heterocycles. The van der Waals surface area contributed by atoms with Crippen molar-refractivity contribution in [3.8, 4) is 11.5 Å². The predicted molar refractivity (Wildman–Crippen MR) is 135 cm³/mol. The van der Waals surface area contributed by atoms with E-state index in [0.717, 1.165) is 10.4 Å². The number of carbonyl (C=O) groups excluding carboxylic acids is 2. The molecule has 0 saturated carbocycles. The number of amides is 2. The second kappa shape index (κ2) is 12.0. The first-order chi connectivity index (χ1) is 16.4. The van der Waals surface area contributed by atoms with Crippen LogP contribution in [0.2, 0.25) is 0 Å². The highest BCUT2D eigenvalue weighted by Crippen LogP contribution is 2.24. The number of hydrogen-bond acceptors (Lipinski definition) is 5. The molecule has 0 bridgehead atoms. The van der Waals surface area contributed by atoms with Gasteiger partial charge in [-0.05, 0) is 36.8 Å². The lowest BCUT2D eigenvalue weighted by molar-refractivity contribution is -0.133. The van der Waals surface area contributed by atoms with Crippen molar-refractivity contribution in [1.29, 1.82) is 0 Å². The largest absolute Gasteiger partial charge is 0.497 e. The van der Waals surface area contributed by atoms with E-state index in [0.29, 0.717) is 30.2 Å². The summed E-state index contributed by atoms with van der Waals surface area (Å²) in [6.45, 7) is 6.92. The zero-order valence-electron chi connectivity index (χ0n) is 19.8. The Balaban J connectivity index is 1.83. The topological polar surface area (TPSA) is 59.1 Å². The summed E-state index contributed by atoms with van der Waals surface area (Å²) < 4.78 is 10.6. The highest BCUT2D eigenvalue weighted by molar-refractivity contribution is 7.11. The van der Waals surface area contributed by atoms with Gasteiger partial charge in [0.15, 0.2) is 0 Å². The molecular weight excluding hydrogens is 448 g/mol. The summed E-state index contributed by atoms with van der Waals surface area (Å²) >= 11 is 1.67. The van der Waals surface area contributed by atoms with Crippen LogP contribution in [0.15, 0.2) is 73.3 Å². The van der Waals surface area contributed by atoms with Crippen molar-refractivity contribution in [3.05, 3.63) is 94.2 Å². The van der Waals surface area contributed by atoms with Gasteiger partial charge in [-0.2, -0.15) is 0 Å². The van der Waals surface area contributed by atoms with Crippen LogP contribution in [0, 0.1) is 6.92 Å². The van der Waals surface area contributed by atoms with Gasteiger partial charge in [0.1, 0.15) is 18.0 Å². The molecule has 1 heterocycles. The SMILES string of the molecule is C=CCN(CC(=O)N(Cc1ccccc1)Cc1ccc(C)s1)C(=O)c1cc(OC)cc(OC)c1. The summed E-state index contributed by atoms with van der Waals surface area (Å²) in [5.41, 5.74) is 1.41. The van der Waals surface area contributed by atoms with Crippen LogP contribution >= 0.6 is 11.3 Å². The van der Waals surface area contributed by atoms with E-state index in [-0.39, 0.29) is 24.9 Å². The maximum Gasteiger partial charge on any atom is 0.254 e. The van der Waals surface area contributed by atoms with Gasteiger partial charge in [-0.1, -0.05) is 36.4 Å². The van der Waals surface area contributed by atoms with E-state index in [1.54, 1.807) is 40.5 Å². The molecule has 7 heteroatoms. The summed E-state index contributed by atoms with van der Waals surface area (Å²) in [6.07, 6.45) is 1.62. The van der Waals surface area contributed by atoms with Crippen LogP contribution < -0.4 is 9.47 Å². The van der Waals surface area contributed by atoms with Crippen molar-refractivity contribution in [3.63, 3.8) is 0 Å². The Kier molecular flexibility index (Phi) is 8.87. The standard InChI is InChI=1S/C27H30N2O4S/c1-5-13-28(27(31)22-14-23(32-3)16-24(15-22)33-4)19-26(30)29(17-21-9-7-6-8-10-21)18-25-12-11-20(2)34-25/h5-12,14-16H,1,13,17-19H2,2-4H3. The Morgan fingerprint density at radius 1 is 0.941 bits per heavy atom. The van der Waals surface area contributed by atoms with Crippen molar-refractivity contribution in [2.24, 2.45) is 0 Å². The van der Waals surface area contributed by atoms with Gasteiger partial charge in [0.05, 0.1) is 20.8 Å². The zero-order valence-corrected chi connectivity index (χ0v) is 20.6. The van der Waals surface area contributed by atoms with Crippen LogP contribution in [0.4, 0.5) is 0 Å². The molecule has 178 valence electrons. The number of thiophene rings is 1. The average molecular weight is 479 g/mol. The molecule has 0 unspecified atom stereocenters. The molecule has 34 heavy (non-hydrogen) atoms. The molecule has 2 aromatic carbocycles. The number of nitrogens with zero attached hydrogens (tertiary/aromatic N) is 2. The van der Waals surface area contributed by atoms with Gasteiger partial charge in [0.2, 0.25) is 5.91 Å². The molecule has 1 aromatic heterocycles. The first-order valence-electron chi connectivity index (χ1n) is 10.9. The van der Waals surface area contributed by atoms with Crippen LogP contribution in [0.1, 0.15) is 25.7 Å². The third kappa shape index (κ3) is 6.71. The van der Waals surface area contributed by atoms with Gasteiger partial charge in [-0.15, -0.1) is 17.9 Å². The van der Waals surface area contributed by atoms with Gasteiger partial charge in [-0.25, -0.2) is 0 Å². The normalized spacial score (nSPS) is 10.4. The molecule has 0 spiro atoms. The van der Waals surface area contributed by atoms with Gasteiger partial charge < -0.3 is 19.3 Å². The van der Waals surface area contributed by atoms with Crippen LogP contribution in [0.3, 0.4) is 0 Å². The molecule has 0 atom stereocenters. The van der Waals surface area contributed by atoms with E-state index in [9.17, 15) is 9.59 Å². The lowest BCUT2D eigenvalue weighted by Gasteiger charge is -2.27. The predicted octanol–water partition coefficient (Wildman–Crippen LogP) is 4.93. The summed E-state index contributed by atoms with van der Waals surface area (Å²) in [7, 11) is 3.06. The van der Waals surface area contributed by atoms with Gasteiger partial charge in [0, 0.05) is 34.5 Å². The van der Waals surface area contributed by atoms with E-state index in [2.05, 4.69) is 12.6 Å². The monoisotopic (exact) mass is 478 g/mol. The third-order valence-electron chi connectivity index (χ3n) is 5.27. The molecule has 2 amide bonds. The quantitative estimate of drug-likeness (QED) is 0.367. The average Bonchev–Trinajstić information content (AvgIpc) is 3.27. The molecule has 0 aliphatic carbocycles. The minimum absolute atomic E-state index is 0.0679. The Morgan fingerprint density at radius 2 is 1.62 bits per heavy atom. The van der Waals surface area contributed by atoms with E-state index in [4.69, 9.17) is 9.47 Å². The Labute approximate surface area is 205 Å². The maximum atomic E-state index is 13.5. The fourth-order valence-electron chi connectivity index (χ4n) is 3.55. The van der Waals surface area contributed by atoms with Gasteiger partial charge in [0.25, 0.3) is 5.91 Å². The maximum absolute atomic E-state index is 13.5. The molecule has 6 nitrogen and oxygen atoms in total. The summed E-state index contributed by atoms with van der Waals surface area (Å²) in [6, 6.07) is 18.9. The van der Waals surface area contributed by atoms with Gasteiger partial charge >= 0.3 is 0 Å². The van der Waals surface area contributed by atoms with Crippen molar-refractivity contribution < 1.29 is 19.1 Å². The van der Waals surface area contributed by atoms with Crippen molar-refractivity contribution in [2.75, 3.05) is 27.3 Å². The number of hydrogen-bond donors (Lipinski definition) is 0. The second-order valence-electron chi connectivity index (χ2n) is 7.82. The summed E-state index contributed by atoms with van der Waals surface area (Å²) in [5.74, 6) is 0.578. The van der Waals surface area contributed by atoms with Crippen LogP contribution in [-0.4, -0.2) is 48.9 Å². The fraction of sp³-hybridized carbons (Fsp3) is 0.259. The van der Waals surface area contributed by atoms with Gasteiger partial charge in [-0.3, -0.25) is 9.59 Å². The number of aryl methyl sites for hydroxylation is 1. The molecule has 0 fully saturated rings. The Bertz CT molecular complexity index is 1100. The highest BCUT2D eigenvalue weighted by atomic mass is 32.1. The molecule has 0 N–H and O–H groups in total. The molecule has 0 aliphatic rings. The minimum atomic E-state index is -0.294. The van der Waals surface area contributed by atoms with E-state index in [1.165, 1.54) is 24.0 Å². The molecular formula is C27H30N2O4S. The Morgan fingerprint density at radius 3 is 2.18 bits per heavy atom. The molecule has 0 radical (unpaired) electrons. The van der Waals surface area contributed by atoms with Crippen LogP contribution in [-0.2, 0) is 17.9 Å². The molecule has 3 rings (SSSR count). The number of carbonyl (C=O) groups is 2. The van der Waals surface area contributed by atoms with Crippen molar-refractivity contribution >= 4 is 23.2 Å². The first kappa shape index (κ1) is 25.1. The molecule has 3 aromatic rings. The van der Waals surface area contributed by atoms with E-state index in [1.807, 2.05) is 43.3 Å². The fourth-order valence-corrected chi connectivity index (χ4v) is 4.45. The van der Waals surface area contributed by atoms with Crippen LogP contribution in [0.25, 0.3) is 0 Å². The summed E-state index contributed by atoms with van der Waals surface area (Å²) in [4.78, 5) is 32.4. The van der Waals surface area contributed by atoms with Crippen LogP contribution in [0.5, 0.6) is 11.5 Å². The van der Waals surface area contributed by atoms with Crippen molar-refractivity contribution in [1.82, 2.24) is 9.80 Å². The molecule has 0 saturated heterocycles. The number of rotatable bonds is 11. The highest BCUT2D eigenvalue weighted by Gasteiger charge is 2.23. The lowest BCUT2D eigenvalue weighted by atomic mass is 10.1. The van der Waals surface area contributed by atoms with Crippen molar-refractivity contribution in [2.45, 2.75) is 20.0 Å². The zero-order chi connectivity index (χ0) is 24.5. The smallest absolute Gasteiger partial charge is 0.254 e. The minimum Gasteiger partial charge on any atom is -0.497 e. The van der Waals surface area contributed by atoms with E-state index < -0.39 is 0 Å². The second-order valence-corrected chi connectivity index (χ2v) is 9.20. The number of methoxy groups -OCH3 is 2. The first-order valence-corrected chi connectivity index (χ1v) is 11.8.